The molecule has 0 saturated heterocycles. The maximum Gasteiger partial charge on any atom is 0.306 e. The highest BCUT2D eigenvalue weighted by Crippen LogP contribution is 2.15. The van der Waals surface area contributed by atoms with Gasteiger partial charge in [-0.25, -0.2) is 0 Å². The Morgan fingerprint density at radius 2 is 0.527 bits per heavy atom. The number of hydrogen-bond acceptors (Lipinski definition) is 6. The molecular weight excluding hydrogens is 913 g/mol. The molecule has 0 spiro atoms. The van der Waals surface area contributed by atoms with Gasteiger partial charge < -0.3 is 14.2 Å². The predicted octanol–water partition coefficient (Wildman–Crippen LogP) is 21.0. The van der Waals surface area contributed by atoms with Crippen molar-refractivity contribution >= 4 is 17.9 Å². The van der Waals surface area contributed by atoms with Crippen LogP contribution in [0.5, 0.6) is 0 Å². The van der Waals surface area contributed by atoms with Gasteiger partial charge in [-0.1, -0.05) is 252 Å². The summed E-state index contributed by atoms with van der Waals surface area (Å²) in [6, 6.07) is 0. The molecule has 74 heavy (non-hydrogen) atoms. The van der Waals surface area contributed by atoms with Gasteiger partial charge in [0, 0.05) is 19.3 Å². The lowest BCUT2D eigenvalue weighted by molar-refractivity contribution is -0.167. The van der Waals surface area contributed by atoms with Crippen LogP contribution < -0.4 is 0 Å². The minimum atomic E-state index is -0.802. The van der Waals surface area contributed by atoms with Gasteiger partial charge in [0.05, 0.1) is 0 Å². The molecule has 0 aromatic carbocycles. The van der Waals surface area contributed by atoms with Crippen molar-refractivity contribution < 1.29 is 28.6 Å². The summed E-state index contributed by atoms with van der Waals surface area (Å²) in [6.45, 7) is 6.38. The van der Waals surface area contributed by atoms with E-state index < -0.39 is 6.10 Å². The number of esters is 3. The molecule has 1 unspecified atom stereocenters. The topological polar surface area (TPSA) is 78.9 Å². The van der Waals surface area contributed by atoms with E-state index in [0.717, 1.165) is 122 Å². The zero-order valence-corrected chi connectivity index (χ0v) is 48.3. The first-order valence-corrected chi connectivity index (χ1v) is 30.9. The van der Waals surface area contributed by atoms with Gasteiger partial charge in [0.25, 0.3) is 0 Å². The molecule has 0 aromatic heterocycles. The van der Waals surface area contributed by atoms with E-state index in [0.29, 0.717) is 19.3 Å². The Bertz CT molecular complexity index is 1510. The third-order valence-corrected chi connectivity index (χ3v) is 13.0. The van der Waals surface area contributed by atoms with Crippen molar-refractivity contribution in [2.24, 2.45) is 0 Å². The van der Waals surface area contributed by atoms with Crippen LogP contribution in [0.25, 0.3) is 0 Å². The molecule has 0 radical (unpaired) electrons. The minimum Gasteiger partial charge on any atom is -0.462 e. The van der Waals surface area contributed by atoms with Gasteiger partial charge in [0.2, 0.25) is 0 Å². The van der Waals surface area contributed by atoms with Crippen LogP contribution in [0.1, 0.15) is 284 Å². The number of hydrogen-bond donors (Lipinski definition) is 0. The average molecular weight is 1030 g/mol. The standard InChI is InChI=1S/C68H114O6/c1-4-7-10-13-16-19-22-25-28-30-31-32-33-34-35-36-37-38-41-43-46-49-52-55-58-61-67(70)73-64-65(63-72-66(69)60-57-54-51-48-45-42-39-27-24-21-18-15-12-9-6-3)74-68(71)62-59-56-53-50-47-44-40-29-26-23-20-17-14-11-8-5-2/h7,9-10,12,16,18-19,21,25,27-29,31-32,39-40,45,48,65H,4-6,8,11,13-15,17,20,22-24,26,30,33-38,41-44,46-47,49-64H2,1-3H3/b10-7-,12-9-,19-16-,21-18-,28-25-,32-31-,39-27-,40-29-,48-45-. The summed E-state index contributed by atoms with van der Waals surface area (Å²) in [5.74, 6) is -0.944. The fourth-order valence-corrected chi connectivity index (χ4v) is 8.42. The molecule has 0 bridgehead atoms. The fraction of sp³-hybridized carbons (Fsp3) is 0.691. The average Bonchev–Trinajstić information content (AvgIpc) is 3.40. The van der Waals surface area contributed by atoms with E-state index >= 15 is 0 Å². The third-order valence-electron chi connectivity index (χ3n) is 13.0. The molecule has 422 valence electrons. The van der Waals surface area contributed by atoms with Crippen molar-refractivity contribution in [1.82, 2.24) is 0 Å². The van der Waals surface area contributed by atoms with E-state index in [9.17, 15) is 14.4 Å². The van der Waals surface area contributed by atoms with E-state index in [4.69, 9.17) is 14.2 Å². The van der Waals surface area contributed by atoms with Gasteiger partial charge in [0.15, 0.2) is 6.10 Å². The summed E-state index contributed by atoms with van der Waals surface area (Å²) in [5.41, 5.74) is 0. The summed E-state index contributed by atoms with van der Waals surface area (Å²) in [5, 5.41) is 0. The first kappa shape index (κ1) is 70.1. The first-order chi connectivity index (χ1) is 36.5. The van der Waals surface area contributed by atoms with E-state index in [1.807, 2.05) is 0 Å². The summed E-state index contributed by atoms with van der Waals surface area (Å²) in [6.07, 6.45) is 83.8. The highest BCUT2D eigenvalue weighted by Gasteiger charge is 2.19. The van der Waals surface area contributed by atoms with Crippen LogP contribution in [-0.2, 0) is 28.6 Å². The SMILES string of the molecule is CC/C=C\C/C=C\C/C=C\C/C=C\CCCCCCCCCCCCCCC(=O)OCC(COC(=O)CCCC/C=C\C/C=C\C/C=C\C/C=C\CC)OC(=O)CCCCCCC/C=C\CCCCCCCCC. The molecule has 0 aliphatic carbocycles. The van der Waals surface area contributed by atoms with Gasteiger partial charge in [0.1, 0.15) is 13.2 Å². The monoisotopic (exact) mass is 1030 g/mol. The van der Waals surface area contributed by atoms with Crippen LogP contribution >= 0.6 is 0 Å². The lowest BCUT2D eigenvalue weighted by atomic mass is 10.0. The maximum absolute atomic E-state index is 12.9. The Morgan fingerprint density at radius 3 is 0.865 bits per heavy atom. The van der Waals surface area contributed by atoms with Crippen molar-refractivity contribution in [1.29, 1.82) is 0 Å². The number of allylic oxidation sites excluding steroid dienone is 18. The number of carbonyl (C=O) groups is 3. The van der Waals surface area contributed by atoms with Gasteiger partial charge in [-0.3, -0.25) is 14.4 Å². The molecule has 0 N–H and O–H groups in total. The van der Waals surface area contributed by atoms with Gasteiger partial charge in [-0.05, 0) is 122 Å². The molecule has 0 aliphatic rings. The Hall–Kier alpha value is -3.93. The quantitative estimate of drug-likeness (QED) is 0.0261. The highest BCUT2D eigenvalue weighted by molar-refractivity contribution is 5.71. The largest absolute Gasteiger partial charge is 0.462 e. The summed E-state index contributed by atoms with van der Waals surface area (Å²) < 4.78 is 16.9. The Labute approximate surface area is 457 Å². The van der Waals surface area contributed by atoms with Crippen molar-refractivity contribution in [3.63, 3.8) is 0 Å². The van der Waals surface area contributed by atoms with Crippen LogP contribution in [0, 0.1) is 0 Å². The summed E-state index contributed by atoms with van der Waals surface area (Å²) >= 11 is 0. The summed E-state index contributed by atoms with van der Waals surface area (Å²) in [7, 11) is 0. The maximum atomic E-state index is 12.9. The molecule has 1 atom stereocenters. The second-order valence-electron chi connectivity index (χ2n) is 20.2. The second-order valence-corrected chi connectivity index (χ2v) is 20.2. The molecule has 0 aliphatic heterocycles. The van der Waals surface area contributed by atoms with E-state index in [-0.39, 0.29) is 31.1 Å². The molecular formula is C68H114O6. The Morgan fingerprint density at radius 1 is 0.284 bits per heavy atom. The zero-order valence-electron chi connectivity index (χ0n) is 48.3. The molecule has 6 heteroatoms. The molecule has 0 heterocycles. The van der Waals surface area contributed by atoms with Crippen LogP contribution in [0.4, 0.5) is 0 Å². The van der Waals surface area contributed by atoms with Crippen molar-refractivity contribution in [3.05, 3.63) is 109 Å². The normalized spacial score (nSPS) is 12.9. The van der Waals surface area contributed by atoms with E-state index in [1.54, 1.807) is 0 Å². The predicted molar refractivity (Wildman–Crippen MR) is 320 cm³/mol. The number of ether oxygens (including phenoxy) is 3. The molecule has 0 fully saturated rings. The minimum absolute atomic E-state index is 0.0958. The fourth-order valence-electron chi connectivity index (χ4n) is 8.42. The van der Waals surface area contributed by atoms with E-state index in [1.165, 1.54) is 122 Å². The molecule has 0 rings (SSSR count). The Kier molecular flexibility index (Phi) is 58.3. The molecule has 6 nitrogen and oxygen atoms in total. The summed E-state index contributed by atoms with van der Waals surface area (Å²) in [4.78, 5) is 38.2. The van der Waals surface area contributed by atoms with Gasteiger partial charge >= 0.3 is 17.9 Å². The lowest BCUT2D eigenvalue weighted by Crippen LogP contribution is -2.30. The van der Waals surface area contributed by atoms with Crippen LogP contribution in [0.15, 0.2) is 109 Å². The number of unbranched alkanes of at least 4 members (excludes halogenated alkanes) is 26. The lowest BCUT2D eigenvalue weighted by Gasteiger charge is -2.18. The van der Waals surface area contributed by atoms with E-state index in [2.05, 4.69) is 130 Å². The second kappa shape index (κ2) is 61.6. The van der Waals surface area contributed by atoms with Crippen LogP contribution in [-0.4, -0.2) is 37.2 Å². The van der Waals surface area contributed by atoms with Gasteiger partial charge in [-0.2, -0.15) is 0 Å². The molecule has 0 aromatic rings. The van der Waals surface area contributed by atoms with Crippen LogP contribution in [0.3, 0.4) is 0 Å². The highest BCUT2D eigenvalue weighted by atomic mass is 16.6. The van der Waals surface area contributed by atoms with Crippen molar-refractivity contribution in [3.8, 4) is 0 Å². The van der Waals surface area contributed by atoms with Crippen molar-refractivity contribution in [2.75, 3.05) is 13.2 Å². The van der Waals surface area contributed by atoms with Crippen molar-refractivity contribution in [2.45, 2.75) is 290 Å². The zero-order chi connectivity index (χ0) is 53.6. The molecule has 0 saturated carbocycles. The number of rotatable bonds is 55. The first-order valence-electron chi connectivity index (χ1n) is 30.9. The van der Waals surface area contributed by atoms with Crippen LogP contribution in [0.2, 0.25) is 0 Å². The molecule has 0 amide bonds. The third kappa shape index (κ3) is 59.0. The Balaban J connectivity index is 4.37. The smallest absolute Gasteiger partial charge is 0.306 e. The van der Waals surface area contributed by atoms with Gasteiger partial charge in [-0.15, -0.1) is 0 Å². The number of carbonyl (C=O) groups excluding carboxylic acids is 3.